The fourth-order valence-corrected chi connectivity index (χ4v) is 8.84. The first kappa shape index (κ1) is 37.4. The minimum atomic E-state index is -3.85. The lowest BCUT2D eigenvalue weighted by molar-refractivity contribution is -0.122. The number of hydrogen-bond donors (Lipinski definition) is 1. The van der Waals surface area contributed by atoms with Crippen LogP contribution in [0.2, 0.25) is 0 Å². The number of carbonyl (C=O) groups excluding carboxylic acids is 1. The molecular weight excluding hydrogens is 739 g/mol. The number of aryl methyl sites for hydroxylation is 2. The van der Waals surface area contributed by atoms with Gasteiger partial charge in [0.25, 0.3) is 5.56 Å². The number of amides is 1. The highest BCUT2D eigenvalue weighted by Crippen LogP contribution is 2.39. The van der Waals surface area contributed by atoms with Gasteiger partial charge < -0.3 is 10.1 Å². The zero-order chi connectivity index (χ0) is 39.1. The second kappa shape index (κ2) is 15.2. The number of halogens is 2. The molecule has 1 amide bonds. The van der Waals surface area contributed by atoms with Gasteiger partial charge in [-0.15, -0.1) is 0 Å². The molecule has 0 radical (unpaired) electrons. The molecule has 1 unspecified atom stereocenters. The minimum absolute atomic E-state index is 0.0367. The molecule has 288 valence electrons. The molecule has 1 saturated heterocycles. The number of carbonyl (C=O) groups is 1. The first-order valence-electron chi connectivity index (χ1n) is 18.5. The Morgan fingerprint density at radius 1 is 0.929 bits per heavy atom. The molecule has 2 aliphatic rings. The van der Waals surface area contributed by atoms with E-state index in [1.54, 1.807) is 12.3 Å². The van der Waals surface area contributed by atoms with Gasteiger partial charge in [-0.1, -0.05) is 24.3 Å². The Bertz CT molecular complexity index is 2590. The van der Waals surface area contributed by atoms with E-state index < -0.39 is 39.2 Å². The van der Waals surface area contributed by atoms with Crippen LogP contribution in [0.15, 0.2) is 101 Å². The SMILES string of the molecule is Cc1cccc(C)c1-c1ccc2c(=O)n(-c3ccc(S(=O)(=O)N4CCOCC4)cc3)c(C(Cc3cc(F)cc(F)c3)NC(=O)Cn3ccc(C4CC4)n3)nc2c1. The Morgan fingerprint density at radius 2 is 1.62 bits per heavy atom. The number of sulfonamides is 1. The van der Waals surface area contributed by atoms with E-state index in [2.05, 4.69) is 10.4 Å². The number of benzene rings is 4. The van der Waals surface area contributed by atoms with Crippen LogP contribution in [-0.4, -0.2) is 64.3 Å². The van der Waals surface area contributed by atoms with Gasteiger partial charge in [-0.25, -0.2) is 22.2 Å². The van der Waals surface area contributed by atoms with Gasteiger partial charge in [-0.2, -0.15) is 9.40 Å². The van der Waals surface area contributed by atoms with E-state index in [1.165, 1.54) is 50.0 Å². The Labute approximate surface area is 322 Å². The van der Waals surface area contributed by atoms with Crippen molar-refractivity contribution in [3.63, 3.8) is 0 Å². The Balaban J connectivity index is 1.27. The zero-order valence-electron chi connectivity index (χ0n) is 30.9. The molecule has 3 heterocycles. The monoisotopic (exact) mass is 778 g/mol. The Morgan fingerprint density at radius 3 is 2.30 bits per heavy atom. The number of fused-ring (bicyclic) bond motifs is 1. The smallest absolute Gasteiger partial charge is 0.266 e. The molecule has 2 aromatic heterocycles. The largest absolute Gasteiger partial charge is 0.379 e. The summed E-state index contributed by atoms with van der Waals surface area (Å²) in [5.41, 5.74) is 5.17. The molecule has 11 nitrogen and oxygen atoms in total. The van der Waals surface area contributed by atoms with Crippen molar-refractivity contribution in [1.29, 1.82) is 0 Å². The first-order valence-corrected chi connectivity index (χ1v) is 20.0. The van der Waals surface area contributed by atoms with Crippen molar-refractivity contribution in [2.24, 2.45) is 0 Å². The van der Waals surface area contributed by atoms with E-state index >= 15 is 0 Å². The lowest BCUT2D eigenvalue weighted by atomic mass is 9.95. The van der Waals surface area contributed by atoms with E-state index in [-0.39, 0.29) is 66.6 Å². The molecule has 1 N–H and O–H groups in total. The number of aromatic nitrogens is 4. The minimum Gasteiger partial charge on any atom is -0.379 e. The predicted molar refractivity (Wildman–Crippen MR) is 207 cm³/mol. The number of hydrogen-bond acceptors (Lipinski definition) is 7. The average molecular weight is 779 g/mol. The van der Waals surface area contributed by atoms with Gasteiger partial charge in [0.05, 0.1) is 46.4 Å². The Kier molecular flexibility index (Phi) is 10.1. The van der Waals surface area contributed by atoms with Crippen molar-refractivity contribution in [3.05, 3.63) is 141 Å². The third kappa shape index (κ3) is 7.64. The van der Waals surface area contributed by atoms with Gasteiger partial charge in [0.2, 0.25) is 15.9 Å². The molecule has 1 aliphatic carbocycles. The quantitative estimate of drug-likeness (QED) is 0.167. The van der Waals surface area contributed by atoms with Crippen molar-refractivity contribution in [2.45, 2.75) is 56.5 Å². The maximum atomic E-state index is 14.7. The number of rotatable bonds is 11. The number of nitrogens with zero attached hydrogens (tertiary/aromatic N) is 5. The molecule has 2 fully saturated rings. The molecular formula is C42H40F2N6O5S. The van der Waals surface area contributed by atoms with Crippen molar-refractivity contribution in [3.8, 4) is 16.8 Å². The molecule has 6 aromatic rings. The van der Waals surface area contributed by atoms with Crippen LogP contribution in [0, 0.1) is 25.5 Å². The number of ether oxygens (including phenoxy) is 1. The van der Waals surface area contributed by atoms with Gasteiger partial charge in [0.15, 0.2) is 0 Å². The molecule has 1 saturated carbocycles. The lowest BCUT2D eigenvalue weighted by Crippen LogP contribution is -2.40. The van der Waals surface area contributed by atoms with Gasteiger partial charge >= 0.3 is 0 Å². The Hall–Kier alpha value is -5.57. The van der Waals surface area contributed by atoms with Crippen LogP contribution < -0.4 is 10.9 Å². The van der Waals surface area contributed by atoms with Crippen molar-refractivity contribution in [2.75, 3.05) is 26.3 Å². The highest BCUT2D eigenvalue weighted by Gasteiger charge is 2.29. The highest BCUT2D eigenvalue weighted by atomic mass is 32.2. The van der Waals surface area contributed by atoms with Crippen LogP contribution >= 0.6 is 0 Å². The van der Waals surface area contributed by atoms with Crippen molar-refractivity contribution in [1.82, 2.24) is 29.0 Å². The summed E-state index contributed by atoms with van der Waals surface area (Å²) >= 11 is 0. The summed E-state index contributed by atoms with van der Waals surface area (Å²) < 4.78 is 65.7. The van der Waals surface area contributed by atoms with Crippen LogP contribution in [0.4, 0.5) is 8.78 Å². The van der Waals surface area contributed by atoms with Gasteiger partial charge in [0, 0.05) is 37.7 Å². The lowest BCUT2D eigenvalue weighted by Gasteiger charge is -2.26. The van der Waals surface area contributed by atoms with Gasteiger partial charge in [-0.3, -0.25) is 18.8 Å². The maximum Gasteiger partial charge on any atom is 0.266 e. The van der Waals surface area contributed by atoms with Crippen LogP contribution in [0.3, 0.4) is 0 Å². The summed E-state index contributed by atoms with van der Waals surface area (Å²) in [6, 6.07) is 21.2. The van der Waals surface area contributed by atoms with E-state index in [0.29, 0.717) is 11.4 Å². The van der Waals surface area contributed by atoms with E-state index in [4.69, 9.17) is 9.72 Å². The molecule has 14 heteroatoms. The van der Waals surface area contributed by atoms with E-state index in [9.17, 15) is 26.8 Å². The summed E-state index contributed by atoms with van der Waals surface area (Å²) in [6.07, 6.45) is 3.69. The standard InChI is InChI=1S/C42H40F2N6O5S/c1-26-4-3-5-27(2)40(26)30-8-13-35-37(23-30)46-41(50(42(35)52)33-9-11-34(12-10-33)56(53,54)49-16-18-55-19-17-49)38(22-28-20-31(43)24-32(44)21-28)45-39(51)25-48-15-14-36(47-48)29-6-7-29/h3-5,8-15,20-21,23-24,29,38H,6-7,16-19,22,25H2,1-2H3,(H,45,51). The summed E-state index contributed by atoms with van der Waals surface area (Å²) in [7, 11) is -3.85. The number of nitrogens with one attached hydrogen (secondary N) is 1. The molecule has 0 bridgehead atoms. The first-order chi connectivity index (χ1) is 26.9. The molecule has 4 aromatic carbocycles. The number of morpholine rings is 1. The third-order valence-electron chi connectivity index (χ3n) is 10.3. The molecule has 56 heavy (non-hydrogen) atoms. The maximum absolute atomic E-state index is 14.7. The normalized spacial score (nSPS) is 15.6. The molecule has 0 spiro atoms. The van der Waals surface area contributed by atoms with Gasteiger partial charge in [-0.05, 0) is 109 Å². The summed E-state index contributed by atoms with van der Waals surface area (Å²) in [6.45, 7) is 4.86. The fraction of sp³-hybridized carbons (Fsp3) is 0.286. The van der Waals surface area contributed by atoms with Crippen molar-refractivity contribution >= 4 is 26.8 Å². The molecule has 8 rings (SSSR count). The second-order valence-electron chi connectivity index (χ2n) is 14.4. The zero-order valence-corrected chi connectivity index (χ0v) is 31.7. The summed E-state index contributed by atoms with van der Waals surface area (Å²) in [5, 5.41) is 7.83. The average Bonchev–Trinajstić information content (AvgIpc) is 3.92. The van der Waals surface area contributed by atoms with Crippen LogP contribution in [0.1, 0.15) is 53.0 Å². The van der Waals surface area contributed by atoms with Crippen LogP contribution in [0.25, 0.3) is 27.7 Å². The molecule has 1 aliphatic heterocycles. The second-order valence-corrected chi connectivity index (χ2v) is 16.4. The molecule has 1 atom stereocenters. The topological polar surface area (TPSA) is 128 Å². The van der Waals surface area contributed by atoms with Crippen molar-refractivity contribution < 1.29 is 26.7 Å². The van der Waals surface area contributed by atoms with Gasteiger partial charge in [0.1, 0.15) is 24.0 Å². The third-order valence-corrected chi connectivity index (χ3v) is 12.3. The van der Waals surface area contributed by atoms with E-state index in [1.807, 2.05) is 50.2 Å². The van der Waals surface area contributed by atoms with E-state index in [0.717, 1.165) is 46.9 Å². The highest BCUT2D eigenvalue weighted by molar-refractivity contribution is 7.89. The fourth-order valence-electron chi connectivity index (χ4n) is 7.44. The summed E-state index contributed by atoms with van der Waals surface area (Å²) in [5.74, 6) is -1.59. The van der Waals surface area contributed by atoms with Crippen LogP contribution in [0.5, 0.6) is 0 Å². The predicted octanol–water partition coefficient (Wildman–Crippen LogP) is 6.14. The van der Waals surface area contributed by atoms with Crippen LogP contribution in [-0.2, 0) is 32.5 Å². The summed E-state index contributed by atoms with van der Waals surface area (Å²) in [4.78, 5) is 33.6.